The van der Waals surface area contributed by atoms with Crippen LogP contribution in [0.15, 0.2) is 101 Å². The van der Waals surface area contributed by atoms with Crippen LogP contribution in [0.5, 0.6) is 17.2 Å². The molecule has 0 saturated heterocycles. The lowest BCUT2D eigenvalue weighted by molar-refractivity contribution is -0.130. The molecule has 3 aromatic carbocycles. The Morgan fingerprint density at radius 1 is 0.894 bits per heavy atom. The van der Waals surface area contributed by atoms with E-state index in [9.17, 15) is 9.59 Å². The molecule has 0 aliphatic carbocycles. The molecule has 5 aromatic rings. The number of thiophene rings is 1. The van der Waals surface area contributed by atoms with E-state index in [-0.39, 0.29) is 24.1 Å². The Kier molecular flexibility index (Phi) is 9.83. The third-order valence-electron chi connectivity index (χ3n) is 7.56. The Morgan fingerprint density at radius 3 is 2.40 bits per heavy atom. The van der Waals surface area contributed by atoms with Gasteiger partial charge in [0.1, 0.15) is 5.75 Å². The number of methoxy groups -OCH3 is 3. The first-order valence-electron chi connectivity index (χ1n) is 14.7. The molecule has 3 heterocycles. The lowest BCUT2D eigenvalue weighted by Gasteiger charge is -2.24. The number of para-hydroxylation sites is 3. The van der Waals surface area contributed by atoms with E-state index in [1.807, 2.05) is 70.6 Å². The minimum atomic E-state index is -0.391. The summed E-state index contributed by atoms with van der Waals surface area (Å²) >= 11 is 2.83. The molecule has 1 aliphatic rings. The number of hydrazone groups is 1. The Bertz CT molecular complexity index is 1890. The van der Waals surface area contributed by atoms with Gasteiger partial charge in [-0.25, -0.2) is 5.01 Å². The molecule has 13 heteroatoms. The van der Waals surface area contributed by atoms with Gasteiger partial charge < -0.3 is 19.5 Å². The fourth-order valence-electron chi connectivity index (χ4n) is 5.37. The second kappa shape index (κ2) is 14.5. The van der Waals surface area contributed by atoms with Crippen LogP contribution in [0.3, 0.4) is 0 Å². The molecule has 0 fully saturated rings. The molecule has 0 radical (unpaired) electrons. The molecule has 6 rings (SSSR count). The van der Waals surface area contributed by atoms with Crippen molar-refractivity contribution in [2.45, 2.75) is 24.2 Å². The zero-order valence-electron chi connectivity index (χ0n) is 26.0. The van der Waals surface area contributed by atoms with Gasteiger partial charge in [-0.3, -0.25) is 14.2 Å². The van der Waals surface area contributed by atoms with Crippen molar-refractivity contribution in [3.8, 4) is 22.9 Å². The fourth-order valence-corrected chi connectivity index (χ4v) is 6.92. The summed E-state index contributed by atoms with van der Waals surface area (Å²) < 4.78 is 18.5. The molecule has 2 amide bonds. The number of carbonyl (C=O) groups is 2. The van der Waals surface area contributed by atoms with Gasteiger partial charge in [-0.2, -0.15) is 5.10 Å². The SMILES string of the molecule is COc1ccccc1C(=O)NCc1nnc(SCC(=O)N2N=C(c3cccs3)C[C@H]2c2cccc(OC)c2OC)n1-c1ccccc1. The molecule has 0 saturated carbocycles. The molecule has 47 heavy (non-hydrogen) atoms. The second-order valence-electron chi connectivity index (χ2n) is 10.3. The number of aromatic nitrogens is 3. The molecule has 2 aromatic heterocycles. The topological polar surface area (TPSA) is 120 Å². The van der Waals surface area contributed by atoms with Gasteiger partial charge in [-0.05, 0) is 41.8 Å². The molecular weight excluding hydrogens is 637 g/mol. The van der Waals surface area contributed by atoms with Crippen LogP contribution in [0, 0.1) is 0 Å². The largest absolute Gasteiger partial charge is 0.496 e. The van der Waals surface area contributed by atoms with Crippen LogP contribution in [0.25, 0.3) is 5.69 Å². The number of benzene rings is 3. The summed E-state index contributed by atoms with van der Waals surface area (Å²) in [7, 11) is 4.70. The summed E-state index contributed by atoms with van der Waals surface area (Å²) in [5.74, 6) is 1.66. The third-order valence-corrected chi connectivity index (χ3v) is 9.39. The number of nitrogens with zero attached hydrogens (tertiary/aromatic N) is 5. The van der Waals surface area contributed by atoms with Crippen molar-refractivity contribution in [3.05, 3.63) is 112 Å². The average molecular weight is 669 g/mol. The predicted molar refractivity (Wildman–Crippen MR) is 181 cm³/mol. The maximum Gasteiger partial charge on any atom is 0.255 e. The molecule has 0 bridgehead atoms. The number of nitrogens with one attached hydrogen (secondary N) is 1. The second-order valence-corrected chi connectivity index (χ2v) is 12.2. The molecule has 1 N–H and O–H groups in total. The summed E-state index contributed by atoms with van der Waals surface area (Å²) in [6.07, 6.45) is 0.524. The number of hydrogen-bond donors (Lipinski definition) is 1. The van der Waals surface area contributed by atoms with E-state index < -0.39 is 6.04 Å². The highest BCUT2D eigenvalue weighted by molar-refractivity contribution is 7.99. The number of ether oxygens (including phenoxy) is 3. The van der Waals surface area contributed by atoms with E-state index in [2.05, 4.69) is 15.5 Å². The van der Waals surface area contributed by atoms with E-state index in [0.29, 0.717) is 40.2 Å². The van der Waals surface area contributed by atoms with Crippen LogP contribution >= 0.6 is 23.1 Å². The van der Waals surface area contributed by atoms with Crippen LogP contribution in [0.1, 0.15) is 39.1 Å². The van der Waals surface area contributed by atoms with Crippen molar-refractivity contribution in [2.75, 3.05) is 27.1 Å². The standard InChI is InChI=1S/C34H32N6O5S2/c1-43-27-15-8-7-13-24(27)33(42)35-20-30-36-37-34(39(30)22-11-5-4-6-12-22)47-21-31(41)40-26(19-25(38-40)29-17-10-18-46-29)23-14-9-16-28(44-2)32(23)45-3/h4-18,26H,19-21H2,1-3H3,(H,35,42)/t26-/m0/s1. The van der Waals surface area contributed by atoms with Gasteiger partial charge in [0.05, 0.1) is 55.8 Å². The normalized spacial score (nSPS) is 14.1. The number of carbonyl (C=O) groups excluding carboxylic acids is 2. The zero-order valence-corrected chi connectivity index (χ0v) is 27.6. The van der Waals surface area contributed by atoms with Crippen molar-refractivity contribution in [3.63, 3.8) is 0 Å². The van der Waals surface area contributed by atoms with Gasteiger partial charge >= 0.3 is 0 Å². The number of hydrogen-bond acceptors (Lipinski definition) is 10. The first-order chi connectivity index (χ1) is 23.0. The minimum absolute atomic E-state index is 0.0442. The Labute approximate surface area is 280 Å². The van der Waals surface area contributed by atoms with Gasteiger partial charge in [0.2, 0.25) is 0 Å². The highest BCUT2D eigenvalue weighted by Gasteiger charge is 2.36. The summed E-state index contributed by atoms with van der Waals surface area (Å²) in [6.45, 7) is 0.103. The molecule has 1 atom stereocenters. The van der Waals surface area contributed by atoms with E-state index in [1.54, 1.807) is 49.8 Å². The summed E-state index contributed by atoms with van der Waals surface area (Å²) in [5.41, 5.74) is 2.85. The van der Waals surface area contributed by atoms with E-state index in [4.69, 9.17) is 19.3 Å². The van der Waals surface area contributed by atoms with Crippen molar-refractivity contribution in [1.29, 1.82) is 0 Å². The monoisotopic (exact) mass is 668 g/mol. The predicted octanol–water partition coefficient (Wildman–Crippen LogP) is 5.75. The molecule has 11 nitrogen and oxygen atoms in total. The molecule has 1 aliphatic heterocycles. The van der Waals surface area contributed by atoms with E-state index in [0.717, 1.165) is 21.8 Å². The van der Waals surface area contributed by atoms with Crippen LogP contribution < -0.4 is 19.5 Å². The van der Waals surface area contributed by atoms with Gasteiger partial charge in [-0.15, -0.1) is 21.5 Å². The highest BCUT2D eigenvalue weighted by Crippen LogP contribution is 2.42. The zero-order chi connectivity index (χ0) is 32.8. The maximum atomic E-state index is 14.0. The van der Waals surface area contributed by atoms with Crippen LogP contribution in [-0.2, 0) is 11.3 Å². The minimum Gasteiger partial charge on any atom is -0.496 e. The van der Waals surface area contributed by atoms with E-state index in [1.165, 1.54) is 23.9 Å². The summed E-state index contributed by atoms with van der Waals surface area (Å²) in [4.78, 5) is 28.0. The maximum absolute atomic E-state index is 14.0. The molecular formula is C34H32N6O5S2. The van der Waals surface area contributed by atoms with E-state index >= 15 is 0 Å². The highest BCUT2D eigenvalue weighted by atomic mass is 32.2. The number of thioether (sulfide) groups is 1. The molecule has 0 unspecified atom stereocenters. The average Bonchev–Trinajstić information content (AvgIpc) is 3.90. The Balaban J connectivity index is 1.25. The van der Waals surface area contributed by atoms with Gasteiger partial charge in [0.25, 0.3) is 11.8 Å². The lowest BCUT2D eigenvalue weighted by atomic mass is 9.99. The number of rotatable bonds is 12. The Morgan fingerprint density at radius 2 is 1.66 bits per heavy atom. The smallest absolute Gasteiger partial charge is 0.255 e. The van der Waals surface area contributed by atoms with Gasteiger partial charge in [0, 0.05) is 17.7 Å². The molecule has 0 spiro atoms. The van der Waals surface area contributed by atoms with Crippen LogP contribution in [-0.4, -0.2) is 64.4 Å². The lowest BCUT2D eigenvalue weighted by Crippen LogP contribution is -2.29. The first-order valence-corrected chi connectivity index (χ1v) is 16.6. The van der Waals surface area contributed by atoms with Crippen molar-refractivity contribution >= 4 is 40.6 Å². The third kappa shape index (κ3) is 6.71. The van der Waals surface area contributed by atoms with Crippen LogP contribution in [0.4, 0.5) is 0 Å². The summed E-state index contributed by atoms with van der Waals surface area (Å²) in [6, 6.07) is 25.8. The van der Waals surface area contributed by atoms with Gasteiger partial charge in [-0.1, -0.05) is 60.3 Å². The first kappa shape index (κ1) is 31.8. The number of amides is 2. The molecule has 240 valence electrons. The Hall–Kier alpha value is -5.14. The van der Waals surface area contributed by atoms with Gasteiger partial charge in [0.15, 0.2) is 22.5 Å². The summed E-state index contributed by atoms with van der Waals surface area (Å²) in [5, 5.41) is 20.6. The van der Waals surface area contributed by atoms with Crippen molar-refractivity contribution in [1.82, 2.24) is 25.1 Å². The van der Waals surface area contributed by atoms with Crippen LogP contribution in [0.2, 0.25) is 0 Å². The quantitative estimate of drug-likeness (QED) is 0.167. The fraction of sp³-hybridized carbons (Fsp3) is 0.206. The van der Waals surface area contributed by atoms with Crippen molar-refractivity contribution in [2.24, 2.45) is 5.10 Å². The van der Waals surface area contributed by atoms with Crippen molar-refractivity contribution < 1.29 is 23.8 Å².